The number of nitrogens with zero attached hydrogens (tertiary/aromatic N) is 1. The molecule has 0 aliphatic carbocycles. The fourth-order valence-corrected chi connectivity index (χ4v) is 2.99. The van der Waals surface area contributed by atoms with E-state index in [-0.39, 0.29) is 5.91 Å². The van der Waals surface area contributed by atoms with E-state index in [9.17, 15) is 4.79 Å². The summed E-state index contributed by atoms with van der Waals surface area (Å²) in [5.74, 6) is 0.832. The summed E-state index contributed by atoms with van der Waals surface area (Å²) in [7, 11) is 0. The Hall–Kier alpha value is -2.08. The number of amides is 1. The van der Waals surface area contributed by atoms with Crippen LogP contribution in [0.25, 0.3) is 11.3 Å². The number of nitrogens with one attached hydrogen (secondary N) is 1. The maximum atomic E-state index is 11.7. The molecule has 1 N–H and O–H groups in total. The van der Waals surface area contributed by atoms with Crippen LogP contribution < -0.4 is 5.43 Å². The molecule has 0 saturated carbocycles. The van der Waals surface area contributed by atoms with Crippen LogP contribution in [0.4, 0.5) is 0 Å². The first-order valence-electron chi connectivity index (χ1n) is 6.55. The SMILES string of the molecule is O=C(NN=Cc1ccc(-c2ccc(Cl)cc2Cl)o1)c1cccs1. The molecule has 1 aromatic carbocycles. The molecular formula is C16H10Cl2N2O2S. The number of rotatable bonds is 4. The highest BCUT2D eigenvalue weighted by atomic mass is 35.5. The summed E-state index contributed by atoms with van der Waals surface area (Å²) in [6.07, 6.45) is 1.43. The fourth-order valence-electron chi connectivity index (χ4n) is 1.87. The number of carbonyl (C=O) groups is 1. The van der Waals surface area contributed by atoms with Gasteiger partial charge < -0.3 is 4.42 Å². The Kier molecular flexibility index (Phi) is 4.81. The zero-order chi connectivity index (χ0) is 16.2. The van der Waals surface area contributed by atoms with Crippen molar-refractivity contribution < 1.29 is 9.21 Å². The summed E-state index contributed by atoms with van der Waals surface area (Å²) in [4.78, 5) is 12.3. The molecule has 0 saturated heterocycles. The molecule has 0 aliphatic rings. The third-order valence-corrected chi connectivity index (χ3v) is 4.34. The standard InChI is InChI=1S/C16H10Cl2N2O2S/c17-10-3-5-12(13(18)8-10)14-6-4-11(22-14)9-19-20-16(21)15-2-1-7-23-15/h1-9H,(H,20,21). The van der Waals surface area contributed by atoms with E-state index in [4.69, 9.17) is 27.6 Å². The molecule has 7 heteroatoms. The molecule has 0 spiro atoms. The molecule has 0 radical (unpaired) electrons. The summed E-state index contributed by atoms with van der Waals surface area (Å²) in [5.41, 5.74) is 3.17. The Labute approximate surface area is 146 Å². The molecular weight excluding hydrogens is 355 g/mol. The van der Waals surface area contributed by atoms with Gasteiger partial charge in [-0.05, 0) is 41.8 Å². The highest BCUT2D eigenvalue weighted by Gasteiger charge is 2.09. The van der Waals surface area contributed by atoms with Gasteiger partial charge in [-0.25, -0.2) is 5.43 Å². The smallest absolute Gasteiger partial charge is 0.281 e. The minimum absolute atomic E-state index is 0.260. The van der Waals surface area contributed by atoms with Crippen molar-refractivity contribution in [3.05, 3.63) is 68.5 Å². The first kappa shape index (κ1) is 15.8. The third kappa shape index (κ3) is 3.82. The van der Waals surface area contributed by atoms with E-state index in [0.717, 1.165) is 5.56 Å². The van der Waals surface area contributed by atoms with Gasteiger partial charge in [-0.15, -0.1) is 11.3 Å². The van der Waals surface area contributed by atoms with E-state index >= 15 is 0 Å². The second kappa shape index (κ2) is 7.00. The van der Waals surface area contributed by atoms with Crippen LogP contribution in [0.1, 0.15) is 15.4 Å². The topological polar surface area (TPSA) is 54.6 Å². The van der Waals surface area contributed by atoms with E-state index in [1.807, 2.05) is 5.38 Å². The van der Waals surface area contributed by atoms with Crippen molar-refractivity contribution in [2.75, 3.05) is 0 Å². The van der Waals surface area contributed by atoms with E-state index in [2.05, 4.69) is 10.5 Å². The van der Waals surface area contributed by atoms with Gasteiger partial charge in [0, 0.05) is 10.6 Å². The lowest BCUT2D eigenvalue weighted by Gasteiger charge is -2.00. The number of hydrogen-bond acceptors (Lipinski definition) is 4. The van der Waals surface area contributed by atoms with Crippen LogP contribution in [0.3, 0.4) is 0 Å². The Morgan fingerprint density at radius 2 is 2.09 bits per heavy atom. The van der Waals surface area contributed by atoms with Gasteiger partial charge in [-0.1, -0.05) is 29.3 Å². The molecule has 0 bridgehead atoms. The van der Waals surface area contributed by atoms with Crippen LogP contribution in [0.2, 0.25) is 10.0 Å². The summed E-state index contributed by atoms with van der Waals surface area (Å²) >= 11 is 13.4. The van der Waals surface area contributed by atoms with Crippen LogP contribution in [-0.4, -0.2) is 12.1 Å². The minimum Gasteiger partial charge on any atom is -0.455 e. The summed E-state index contributed by atoms with van der Waals surface area (Å²) in [5, 5.41) is 6.76. The molecule has 3 aromatic rings. The second-order valence-electron chi connectivity index (χ2n) is 4.50. The quantitative estimate of drug-likeness (QED) is 0.518. The van der Waals surface area contributed by atoms with Crippen molar-refractivity contribution >= 4 is 46.7 Å². The molecule has 3 rings (SSSR count). The zero-order valence-electron chi connectivity index (χ0n) is 11.6. The Bertz CT molecular complexity index is 857. The van der Waals surface area contributed by atoms with E-state index in [1.54, 1.807) is 42.5 Å². The molecule has 0 atom stereocenters. The molecule has 0 unspecified atom stereocenters. The van der Waals surface area contributed by atoms with Gasteiger partial charge in [0.2, 0.25) is 0 Å². The maximum absolute atomic E-state index is 11.7. The molecule has 116 valence electrons. The maximum Gasteiger partial charge on any atom is 0.281 e. The van der Waals surface area contributed by atoms with E-state index in [0.29, 0.717) is 26.4 Å². The fraction of sp³-hybridized carbons (Fsp3) is 0. The minimum atomic E-state index is -0.260. The molecule has 2 aromatic heterocycles. The van der Waals surface area contributed by atoms with Gasteiger partial charge >= 0.3 is 0 Å². The van der Waals surface area contributed by atoms with Crippen LogP contribution in [0.5, 0.6) is 0 Å². The van der Waals surface area contributed by atoms with Crippen molar-refractivity contribution in [1.29, 1.82) is 0 Å². The molecule has 1 amide bonds. The Morgan fingerprint density at radius 3 is 2.83 bits per heavy atom. The average Bonchev–Trinajstić information content (AvgIpc) is 3.18. The first-order valence-corrected chi connectivity index (χ1v) is 8.19. The van der Waals surface area contributed by atoms with Gasteiger partial charge in [0.15, 0.2) is 0 Å². The lowest BCUT2D eigenvalue weighted by molar-refractivity contribution is 0.0959. The number of benzene rings is 1. The number of hydrazone groups is 1. The zero-order valence-corrected chi connectivity index (χ0v) is 14.0. The predicted octanol–water partition coefficient (Wildman–Crippen LogP) is 5.08. The Balaban J connectivity index is 1.70. The number of carbonyl (C=O) groups excluding carboxylic acids is 1. The predicted molar refractivity (Wildman–Crippen MR) is 93.5 cm³/mol. The molecule has 0 fully saturated rings. The molecule has 4 nitrogen and oxygen atoms in total. The van der Waals surface area contributed by atoms with Crippen LogP contribution in [0, 0.1) is 0 Å². The third-order valence-electron chi connectivity index (χ3n) is 2.93. The summed E-state index contributed by atoms with van der Waals surface area (Å²) < 4.78 is 5.64. The van der Waals surface area contributed by atoms with Crippen molar-refractivity contribution in [1.82, 2.24) is 5.43 Å². The van der Waals surface area contributed by atoms with E-state index in [1.165, 1.54) is 17.6 Å². The van der Waals surface area contributed by atoms with Crippen molar-refractivity contribution in [3.63, 3.8) is 0 Å². The second-order valence-corrected chi connectivity index (χ2v) is 6.29. The summed E-state index contributed by atoms with van der Waals surface area (Å²) in [6, 6.07) is 12.2. The van der Waals surface area contributed by atoms with Crippen molar-refractivity contribution in [2.24, 2.45) is 5.10 Å². The molecule has 23 heavy (non-hydrogen) atoms. The highest BCUT2D eigenvalue weighted by molar-refractivity contribution is 7.12. The van der Waals surface area contributed by atoms with Crippen molar-refractivity contribution in [3.8, 4) is 11.3 Å². The van der Waals surface area contributed by atoms with E-state index < -0.39 is 0 Å². The number of hydrogen-bond donors (Lipinski definition) is 1. The van der Waals surface area contributed by atoms with Gasteiger partial charge in [-0.3, -0.25) is 4.79 Å². The lowest BCUT2D eigenvalue weighted by Crippen LogP contribution is -2.15. The van der Waals surface area contributed by atoms with Crippen LogP contribution in [-0.2, 0) is 0 Å². The van der Waals surface area contributed by atoms with Gasteiger partial charge in [-0.2, -0.15) is 5.10 Å². The average molecular weight is 365 g/mol. The monoisotopic (exact) mass is 364 g/mol. The first-order chi connectivity index (χ1) is 11.1. The number of thiophene rings is 1. The summed E-state index contributed by atoms with van der Waals surface area (Å²) in [6.45, 7) is 0. The van der Waals surface area contributed by atoms with Gasteiger partial charge in [0.25, 0.3) is 5.91 Å². The largest absolute Gasteiger partial charge is 0.455 e. The number of furan rings is 1. The van der Waals surface area contributed by atoms with Crippen molar-refractivity contribution in [2.45, 2.75) is 0 Å². The van der Waals surface area contributed by atoms with Crippen LogP contribution >= 0.6 is 34.5 Å². The highest BCUT2D eigenvalue weighted by Crippen LogP contribution is 2.31. The Morgan fingerprint density at radius 1 is 1.22 bits per heavy atom. The van der Waals surface area contributed by atoms with Gasteiger partial charge in [0.1, 0.15) is 11.5 Å². The number of halogens is 2. The lowest BCUT2D eigenvalue weighted by atomic mass is 10.2. The molecule has 2 heterocycles. The van der Waals surface area contributed by atoms with Gasteiger partial charge in [0.05, 0.1) is 16.1 Å². The molecule has 0 aliphatic heterocycles. The van der Waals surface area contributed by atoms with Crippen LogP contribution in [0.15, 0.2) is 57.4 Å². The normalized spacial score (nSPS) is 11.0.